The lowest BCUT2D eigenvalue weighted by Gasteiger charge is -2.18. The Balaban J connectivity index is 1.89. The molecular weight excluding hydrogens is 316 g/mol. The van der Waals surface area contributed by atoms with Crippen LogP contribution in [0.15, 0.2) is 66.0 Å². The topological polar surface area (TPSA) is 29.1 Å². The highest BCUT2D eigenvalue weighted by molar-refractivity contribution is 7.10. The molecule has 0 aliphatic carbocycles. The second-order valence-corrected chi connectivity index (χ2v) is 5.94. The lowest BCUT2D eigenvalue weighted by Crippen LogP contribution is -2.28. The van der Waals surface area contributed by atoms with E-state index in [2.05, 4.69) is 5.32 Å². The Bertz CT molecular complexity index is 803. The molecule has 0 saturated carbocycles. The van der Waals surface area contributed by atoms with Crippen molar-refractivity contribution < 1.29 is 13.6 Å². The van der Waals surface area contributed by atoms with Gasteiger partial charge in [-0.3, -0.25) is 4.79 Å². The summed E-state index contributed by atoms with van der Waals surface area (Å²) >= 11 is 1.52. The molecule has 0 aliphatic heterocycles. The largest absolute Gasteiger partial charge is 0.340 e. The molecule has 3 aromatic rings. The summed E-state index contributed by atoms with van der Waals surface area (Å²) in [5.41, 5.74) is 1.01. The lowest BCUT2D eigenvalue weighted by atomic mass is 10.0. The molecule has 1 N–H and O–H groups in total. The average Bonchev–Trinajstić information content (AvgIpc) is 3.10. The molecule has 1 heterocycles. The van der Waals surface area contributed by atoms with Gasteiger partial charge >= 0.3 is 0 Å². The van der Waals surface area contributed by atoms with E-state index >= 15 is 0 Å². The first-order valence-electron chi connectivity index (χ1n) is 6.99. The van der Waals surface area contributed by atoms with Gasteiger partial charge in [0.2, 0.25) is 0 Å². The number of carbonyl (C=O) groups is 1. The predicted octanol–water partition coefficient (Wildman–Crippen LogP) is 4.55. The maximum Gasteiger partial charge on any atom is 0.252 e. The van der Waals surface area contributed by atoms with E-state index in [9.17, 15) is 13.6 Å². The minimum Gasteiger partial charge on any atom is -0.340 e. The Morgan fingerprint density at radius 1 is 0.957 bits per heavy atom. The number of carbonyl (C=O) groups excluding carboxylic acids is 1. The van der Waals surface area contributed by atoms with E-state index in [0.717, 1.165) is 22.6 Å². The van der Waals surface area contributed by atoms with E-state index in [4.69, 9.17) is 0 Å². The van der Waals surface area contributed by atoms with Crippen molar-refractivity contribution in [2.75, 3.05) is 0 Å². The number of benzene rings is 2. The van der Waals surface area contributed by atoms with Gasteiger partial charge in [-0.1, -0.05) is 36.4 Å². The number of thiophene rings is 1. The van der Waals surface area contributed by atoms with Crippen LogP contribution in [-0.2, 0) is 0 Å². The van der Waals surface area contributed by atoms with E-state index in [1.165, 1.54) is 17.4 Å². The van der Waals surface area contributed by atoms with Crippen LogP contribution in [0.4, 0.5) is 8.78 Å². The molecule has 0 saturated heterocycles. The van der Waals surface area contributed by atoms with Crippen molar-refractivity contribution >= 4 is 17.2 Å². The summed E-state index contributed by atoms with van der Waals surface area (Å²) < 4.78 is 26.3. The van der Waals surface area contributed by atoms with Gasteiger partial charge in [-0.2, -0.15) is 0 Å². The van der Waals surface area contributed by atoms with Gasteiger partial charge in [-0.25, -0.2) is 8.78 Å². The van der Waals surface area contributed by atoms with Crippen LogP contribution in [0.2, 0.25) is 0 Å². The highest BCUT2D eigenvalue weighted by Crippen LogP contribution is 2.26. The van der Waals surface area contributed by atoms with Crippen molar-refractivity contribution in [2.45, 2.75) is 6.04 Å². The van der Waals surface area contributed by atoms with Crippen LogP contribution in [0.5, 0.6) is 0 Å². The number of amides is 1. The normalized spacial score (nSPS) is 11.9. The molecule has 2 aromatic carbocycles. The molecule has 3 rings (SSSR count). The fraction of sp³-hybridized carbons (Fsp3) is 0.0556. The van der Waals surface area contributed by atoms with Crippen molar-refractivity contribution in [1.29, 1.82) is 0 Å². The number of nitrogens with one attached hydrogen (secondary N) is 1. The average molecular weight is 329 g/mol. The molecular formula is C18H13F2NOS. The van der Waals surface area contributed by atoms with Crippen molar-refractivity contribution in [3.63, 3.8) is 0 Å². The highest BCUT2D eigenvalue weighted by atomic mass is 32.1. The second kappa shape index (κ2) is 6.71. The van der Waals surface area contributed by atoms with E-state index in [-0.39, 0.29) is 11.6 Å². The summed E-state index contributed by atoms with van der Waals surface area (Å²) in [6.07, 6.45) is 0. The molecule has 23 heavy (non-hydrogen) atoms. The molecule has 1 amide bonds. The number of hydrogen-bond acceptors (Lipinski definition) is 2. The minimum atomic E-state index is -1.04. The lowest BCUT2D eigenvalue weighted by molar-refractivity contribution is 0.0943. The summed E-state index contributed by atoms with van der Waals surface area (Å²) in [6.45, 7) is 0. The first-order valence-corrected chi connectivity index (χ1v) is 7.87. The maximum atomic E-state index is 13.3. The zero-order valence-corrected chi connectivity index (χ0v) is 12.8. The van der Waals surface area contributed by atoms with Crippen LogP contribution in [0.25, 0.3) is 0 Å². The molecule has 0 fully saturated rings. The summed E-state index contributed by atoms with van der Waals surface area (Å²) in [5, 5.41) is 4.81. The maximum absolute atomic E-state index is 13.3. The molecule has 116 valence electrons. The number of halogens is 2. The first-order chi connectivity index (χ1) is 11.1. The van der Waals surface area contributed by atoms with E-state index in [1.807, 2.05) is 47.8 Å². The summed E-state index contributed by atoms with van der Waals surface area (Å²) in [7, 11) is 0. The molecule has 1 atom stereocenters. The third kappa shape index (κ3) is 3.46. The molecule has 0 spiro atoms. The Morgan fingerprint density at radius 3 is 2.39 bits per heavy atom. The van der Waals surface area contributed by atoms with Crippen LogP contribution < -0.4 is 5.32 Å². The zero-order valence-electron chi connectivity index (χ0n) is 12.0. The zero-order chi connectivity index (χ0) is 16.2. The summed E-state index contributed by atoms with van der Waals surface area (Å²) in [6, 6.07) is 16.1. The van der Waals surface area contributed by atoms with Gasteiger partial charge in [0.1, 0.15) is 0 Å². The Hall–Kier alpha value is -2.53. The van der Waals surface area contributed by atoms with Gasteiger partial charge in [0.25, 0.3) is 5.91 Å². The van der Waals surface area contributed by atoms with Gasteiger partial charge in [0.05, 0.1) is 6.04 Å². The van der Waals surface area contributed by atoms with Gasteiger partial charge in [0.15, 0.2) is 11.6 Å². The predicted molar refractivity (Wildman–Crippen MR) is 86.4 cm³/mol. The standard InChI is InChI=1S/C18H13F2NOS/c19-14-9-8-13(11-15(14)20)18(22)21-17(16-7-4-10-23-16)12-5-2-1-3-6-12/h1-11,17H,(H,21,22). The summed E-state index contributed by atoms with van der Waals surface area (Å²) in [4.78, 5) is 13.4. The van der Waals surface area contributed by atoms with Crippen LogP contribution >= 0.6 is 11.3 Å². The Kier molecular flexibility index (Phi) is 4.48. The van der Waals surface area contributed by atoms with Crippen LogP contribution in [-0.4, -0.2) is 5.91 Å². The minimum absolute atomic E-state index is 0.0846. The van der Waals surface area contributed by atoms with Crippen LogP contribution in [0.1, 0.15) is 26.8 Å². The van der Waals surface area contributed by atoms with Gasteiger partial charge in [-0.15, -0.1) is 11.3 Å². The second-order valence-electron chi connectivity index (χ2n) is 4.96. The van der Waals surface area contributed by atoms with Gasteiger partial charge in [-0.05, 0) is 35.2 Å². The van der Waals surface area contributed by atoms with Crippen molar-refractivity contribution in [2.24, 2.45) is 0 Å². The summed E-state index contributed by atoms with van der Waals surface area (Å²) in [5.74, 6) is -2.46. The Labute approximate surface area is 136 Å². The molecule has 0 radical (unpaired) electrons. The number of hydrogen-bond donors (Lipinski definition) is 1. The fourth-order valence-electron chi connectivity index (χ4n) is 2.27. The SMILES string of the molecule is O=C(NC(c1ccccc1)c1cccs1)c1ccc(F)c(F)c1. The van der Waals surface area contributed by atoms with Crippen LogP contribution in [0.3, 0.4) is 0 Å². The first kappa shape index (κ1) is 15.4. The van der Waals surface area contributed by atoms with Crippen molar-refractivity contribution in [3.05, 3.63) is 93.7 Å². The van der Waals surface area contributed by atoms with E-state index in [0.29, 0.717) is 0 Å². The van der Waals surface area contributed by atoms with E-state index < -0.39 is 17.5 Å². The van der Waals surface area contributed by atoms with Gasteiger partial charge < -0.3 is 5.32 Å². The van der Waals surface area contributed by atoms with Crippen molar-refractivity contribution in [3.8, 4) is 0 Å². The van der Waals surface area contributed by atoms with Crippen molar-refractivity contribution in [1.82, 2.24) is 5.32 Å². The highest BCUT2D eigenvalue weighted by Gasteiger charge is 2.19. The molecule has 2 nitrogen and oxygen atoms in total. The third-order valence-corrected chi connectivity index (χ3v) is 4.35. The van der Waals surface area contributed by atoms with Crippen LogP contribution in [0, 0.1) is 11.6 Å². The third-order valence-electron chi connectivity index (χ3n) is 3.42. The smallest absolute Gasteiger partial charge is 0.252 e. The molecule has 1 aromatic heterocycles. The molecule has 0 aliphatic rings. The Morgan fingerprint density at radius 2 is 1.74 bits per heavy atom. The van der Waals surface area contributed by atoms with Gasteiger partial charge in [0, 0.05) is 10.4 Å². The number of rotatable bonds is 4. The molecule has 1 unspecified atom stereocenters. The molecule has 5 heteroatoms. The van der Waals surface area contributed by atoms with E-state index in [1.54, 1.807) is 0 Å². The monoisotopic (exact) mass is 329 g/mol. The fourth-order valence-corrected chi connectivity index (χ4v) is 3.07. The molecule has 0 bridgehead atoms. The quantitative estimate of drug-likeness (QED) is 0.748.